The van der Waals surface area contributed by atoms with Crippen LogP contribution in [0.1, 0.15) is 25.0 Å². The van der Waals surface area contributed by atoms with Crippen LogP contribution in [-0.2, 0) is 11.3 Å². The van der Waals surface area contributed by atoms with Gasteiger partial charge in [0.25, 0.3) is 0 Å². The van der Waals surface area contributed by atoms with Gasteiger partial charge in [-0.05, 0) is 25.5 Å². The second-order valence-corrected chi connectivity index (χ2v) is 5.09. The number of hydrogen-bond acceptors (Lipinski definition) is 3. The standard InChI is InChI=1S/C16H22N2O/c1-13-12-19-14(2)10-18(13)11-16-7-4-3-6-15(16)8-5-9-17/h3-4,6-7,13-14H,9-12,17H2,1-2H3. The first kappa shape index (κ1) is 14.1. The fraction of sp³-hybridized carbons (Fsp3) is 0.500. The van der Waals surface area contributed by atoms with Gasteiger partial charge >= 0.3 is 0 Å². The van der Waals surface area contributed by atoms with Crippen molar-refractivity contribution in [2.45, 2.75) is 32.5 Å². The highest BCUT2D eigenvalue weighted by molar-refractivity contribution is 5.41. The van der Waals surface area contributed by atoms with Crippen molar-refractivity contribution < 1.29 is 4.74 Å². The van der Waals surface area contributed by atoms with Crippen LogP contribution >= 0.6 is 0 Å². The minimum absolute atomic E-state index is 0.304. The maximum Gasteiger partial charge on any atom is 0.0674 e. The second kappa shape index (κ2) is 6.72. The van der Waals surface area contributed by atoms with Gasteiger partial charge in [0.2, 0.25) is 0 Å². The minimum Gasteiger partial charge on any atom is -0.376 e. The zero-order valence-corrected chi connectivity index (χ0v) is 11.7. The van der Waals surface area contributed by atoms with Gasteiger partial charge in [0.1, 0.15) is 0 Å². The molecule has 1 saturated heterocycles. The molecule has 0 bridgehead atoms. The number of morpholine rings is 1. The highest BCUT2D eigenvalue weighted by Gasteiger charge is 2.23. The molecule has 0 amide bonds. The van der Waals surface area contributed by atoms with Crippen molar-refractivity contribution in [3.05, 3.63) is 35.4 Å². The summed E-state index contributed by atoms with van der Waals surface area (Å²) in [5, 5.41) is 0. The maximum absolute atomic E-state index is 5.67. The van der Waals surface area contributed by atoms with Crippen LogP contribution in [0.2, 0.25) is 0 Å². The second-order valence-electron chi connectivity index (χ2n) is 5.09. The monoisotopic (exact) mass is 258 g/mol. The first-order valence-corrected chi connectivity index (χ1v) is 6.83. The molecule has 0 radical (unpaired) electrons. The van der Waals surface area contributed by atoms with E-state index in [4.69, 9.17) is 10.5 Å². The third-order valence-corrected chi connectivity index (χ3v) is 3.45. The van der Waals surface area contributed by atoms with Gasteiger partial charge in [0.05, 0.1) is 19.3 Å². The van der Waals surface area contributed by atoms with E-state index in [0.717, 1.165) is 25.3 Å². The van der Waals surface area contributed by atoms with Gasteiger partial charge in [-0.2, -0.15) is 0 Å². The largest absolute Gasteiger partial charge is 0.376 e. The summed E-state index contributed by atoms with van der Waals surface area (Å²) in [6, 6.07) is 8.75. The normalized spacial score (nSPS) is 23.7. The van der Waals surface area contributed by atoms with E-state index in [2.05, 4.69) is 48.8 Å². The van der Waals surface area contributed by atoms with Crippen molar-refractivity contribution in [2.24, 2.45) is 5.73 Å². The molecule has 1 aliphatic rings. The summed E-state index contributed by atoms with van der Waals surface area (Å²) in [6.07, 6.45) is 0.304. The van der Waals surface area contributed by atoms with E-state index in [1.165, 1.54) is 5.56 Å². The molecular weight excluding hydrogens is 236 g/mol. The van der Waals surface area contributed by atoms with Gasteiger partial charge in [0, 0.05) is 24.7 Å². The Morgan fingerprint density at radius 2 is 2.16 bits per heavy atom. The Morgan fingerprint density at radius 1 is 1.37 bits per heavy atom. The number of ether oxygens (including phenoxy) is 1. The Labute approximate surface area is 115 Å². The zero-order valence-electron chi connectivity index (χ0n) is 11.7. The quantitative estimate of drug-likeness (QED) is 0.819. The maximum atomic E-state index is 5.67. The first-order valence-electron chi connectivity index (χ1n) is 6.83. The third-order valence-electron chi connectivity index (χ3n) is 3.45. The van der Waals surface area contributed by atoms with Crippen LogP contribution in [0.4, 0.5) is 0 Å². The van der Waals surface area contributed by atoms with E-state index in [9.17, 15) is 0 Å². The first-order chi connectivity index (χ1) is 9.20. The summed E-state index contributed by atoms with van der Waals surface area (Å²) in [4.78, 5) is 2.46. The molecule has 0 aliphatic carbocycles. The molecule has 1 aliphatic heterocycles. The average molecular weight is 258 g/mol. The van der Waals surface area contributed by atoms with Crippen LogP contribution in [-0.4, -0.2) is 36.7 Å². The van der Waals surface area contributed by atoms with E-state index in [1.807, 2.05) is 6.07 Å². The molecule has 3 nitrogen and oxygen atoms in total. The molecule has 0 spiro atoms. The molecule has 0 saturated carbocycles. The summed E-state index contributed by atoms with van der Waals surface area (Å²) >= 11 is 0. The van der Waals surface area contributed by atoms with Crippen LogP contribution in [0.5, 0.6) is 0 Å². The van der Waals surface area contributed by atoms with Crippen molar-refractivity contribution in [1.82, 2.24) is 4.90 Å². The van der Waals surface area contributed by atoms with E-state index >= 15 is 0 Å². The fourth-order valence-electron chi connectivity index (χ4n) is 2.34. The average Bonchev–Trinajstić information content (AvgIpc) is 2.42. The lowest BCUT2D eigenvalue weighted by molar-refractivity contribution is -0.0526. The molecule has 1 fully saturated rings. The lowest BCUT2D eigenvalue weighted by Crippen LogP contribution is -2.46. The van der Waals surface area contributed by atoms with Crippen LogP contribution < -0.4 is 5.73 Å². The Hall–Kier alpha value is -1.34. The van der Waals surface area contributed by atoms with Gasteiger partial charge in [-0.1, -0.05) is 30.0 Å². The van der Waals surface area contributed by atoms with E-state index in [0.29, 0.717) is 18.7 Å². The molecule has 2 rings (SSSR count). The molecule has 2 N–H and O–H groups in total. The summed E-state index contributed by atoms with van der Waals surface area (Å²) in [7, 11) is 0. The number of nitrogens with zero attached hydrogens (tertiary/aromatic N) is 1. The predicted octanol–water partition coefficient (Wildman–Crippen LogP) is 1.61. The fourth-order valence-corrected chi connectivity index (χ4v) is 2.34. The lowest BCUT2D eigenvalue weighted by Gasteiger charge is -2.37. The number of nitrogens with two attached hydrogens (primary N) is 1. The Morgan fingerprint density at radius 3 is 2.95 bits per heavy atom. The SMILES string of the molecule is CC1CN(Cc2ccccc2C#CCN)C(C)CO1. The van der Waals surface area contributed by atoms with E-state index in [1.54, 1.807) is 0 Å². The molecule has 19 heavy (non-hydrogen) atoms. The smallest absolute Gasteiger partial charge is 0.0674 e. The van der Waals surface area contributed by atoms with Crippen LogP contribution in [0.25, 0.3) is 0 Å². The Bertz CT molecular complexity index is 475. The molecule has 2 atom stereocenters. The predicted molar refractivity (Wildman–Crippen MR) is 77.7 cm³/mol. The van der Waals surface area contributed by atoms with Gasteiger partial charge in [0.15, 0.2) is 0 Å². The van der Waals surface area contributed by atoms with Gasteiger partial charge < -0.3 is 10.5 Å². The van der Waals surface area contributed by atoms with Gasteiger partial charge in [-0.15, -0.1) is 0 Å². The third kappa shape index (κ3) is 3.81. The molecular formula is C16H22N2O. The van der Waals surface area contributed by atoms with Crippen LogP contribution in [0, 0.1) is 11.8 Å². The van der Waals surface area contributed by atoms with Crippen molar-refractivity contribution in [3.8, 4) is 11.8 Å². The minimum atomic E-state index is 0.304. The number of hydrogen-bond donors (Lipinski definition) is 1. The highest BCUT2D eigenvalue weighted by atomic mass is 16.5. The highest BCUT2D eigenvalue weighted by Crippen LogP contribution is 2.17. The number of rotatable bonds is 2. The van der Waals surface area contributed by atoms with Crippen molar-refractivity contribution >= 4 is 0 Å². The zero-order chi connectivity index (χ0) is 13.7. The molecule has 1 heterocycles. The molecule has 1 aromatic rings. The molecule has 2 unspecified atom stereocenters. The van der Waals surface area contributed by atoms with Crippen LogP contribution in [0.15, 0.2) is 24.3 Å². The number of benzene rings is 1. The molecule has 0 aromatic heterocycles. The Kier molecular flexibility index (Phi) is 4.98. The summed E-state index contributed by atoms with van der Waals surface area (Å²) in [6.45, 7) is 7.43. The van der Waals surface area contributed by atoms with Crippen LogP contribution in [0.3, 0.4) is 0 Å². The van der Waals surface area contributed by atoms with E-state index in [-0.39, 0.29) is 0 Å². The van der Waals surface area contributed by atoms with Gasteiger partial charge in [-0.25, -0.2) is 0 Å². The molecule has 1 aromatic carbocycles. The van der Waals surface area contributed by atoms with Crippen molar-refractivity contribution in [2.75, 3.05) is 19.7 Å². The van der Waals surface area contributed by atoms with E-state index < -0.39 is 0 Å². The summed E-state index contributed by atoms with van der Waals surface area (Å²) in [5.41, 5.74) is 7.80. The summed E-state index contributed by atoms with van der Waals surface area (Å²) in [5.74, 6) is 6.09. The van der Waals surface area contributed by atoms with Crippen molar-refractivity contribution in [3.63, 3.8) is 0 Å². The lowest BCUT2D eigenvalue weighted by atomic mass is 10.1. The Balaban J connectivity index is 2.13. The van der Waals surface area contributed by atoms with Crippen molar-refractivity contribution in [1.29, 1.82) is 0 Å². The summed E-state index contributed by atoms with van der Waals surface area (Å²) < 4.78 is 5.67. The van der Waals surface area contributed by atoms with Gasteiger partial charge in [-0.3, -0.25) is 4.90 Å². The molecule has 102 valence electrons. The molecule has 3 heteroatoms. The topological polar surface area (TPSA) is 38.5 Å².